The Labute approximate surface area is 137 Å². The zero-order valence-corrected chi connectivity index (χ0v) is 14.9. The molecule has 0 bridgehead atoms. The van der Waals surface area contributed by atoms with E-state index in [1.807, 2.05) is 19.1 Å². The number of aryl methyl sites for hydroxylation is 1. The Hall–Kier alpha value is 0.260. The van der Waals surface area contributed by atoms with Crippen LogP contribution in [0.5, 0.6) is 0 Å². The first-order valence-electron chi connectivity index (χ1n) is 5.10. The van der Waals surface area contributed by atoms with Gasteiger partial charge in [0.05, 0.1) is 14.5 Å². The molecule has 0 aliphatic carbocycles. The number of hydrogen-bond donors (Lipinski definition) is 1. The minimum absolute atomic E-state index is 0.687. The molecule has 6 heteroatoms. The van der Waals surface area contributed by atoms with Gasteiger partial charge in [0, 0.05) is 20.9 Å². The summed E-state index contributed by atoms with van der Waals surface area (Å²) < 4.78 is 2.16. The number of thiophene rings is 1. The summed E-state index contributed by atoms with van der Waals surface area (Å²) in [6.45, 7) is 2.65. The molecular formula is C12H9Br2Cl2NS. The SMILES string of the molecule is Cc1cc(Cl)c(NCc2cc(Br)c(Br)s2)cc1Cl. The fourth-order valence-corrected chi connectivity index (χ4v) is 4.01. The largest absolute Gasteiger partial charge is 0.379 e. The molecule has 0 radical (unpaired) electrons. The smallest absolute Gasteiger partial charge is 0.0843 e. The number of benzene rings is 1. The molecule has 18 heavy (non-hydrogen) atoms. The third-order valence-corrected chi connectivity index (χ3v) is 6.37. The number of nitrogens with one attached hydrogen (secondary N) is 1. The zero-order valence-electron chi connectivity index (χ0n) is 9.36. The van der Waals surface area contributed by atoms with Crippen LogP contribution >= 0.6 is 66.4 Å². The molecule has 0 atom stereocenters. The third-order valence-electron chi connectivity index (χ3n) is 2.40. The topological polar surface area (TPSA) is 12.0 Å². The first kappa shape index (κ1) is 14.7. The standard InChI is InChI=1S/C12H9Br2Cl2NS/c1-6-2-10(16)11(4-9(6)15)17-5-7-3-8(13)12(14)18-7/h2-4,17H,5H2,1H3. The van der Waals surface area contributed by atoms with E-state index in [4.69, 9.17) is 23.2 Å². The van der Waals surface area contributed by atoms with Crippen molar-refractivity contribution in [3.05, 3.63) is 46.9 Å². The number of rotatable bonds is 3. The van der Waals surface area contributed by atoms with Crippen molar-refractivity contribution in [2.24, 2.45) is 0 Å². The summed E-state index contributed by atoms with van der Waals surface area (Å²) in [6, 6.07) is 5.80. The second-order valence-electron chi connectivity index (χ2n) is 3.77. The molecule has 1 aromatic heterocycles. The first-order valence-corrected chi connectivity index (χ1v) is 8.26. The molecule has 0 unspecified atom stereocenters. The molecule has 0 aliphatic heterocycles. The average molecular weight is 430 g/mol. The van der Waals surface area contributed by atoms with Crippen molar-refractivity contribution in [2.75, 3.05) is 5.32 Å². The van der Waals surface area contributed by atoms with Crippen molar-refractivity contribution in [2.45, 2.75) is 13.5 Å². The highest BCUT2D eigenvalue weighted by molar-refractivity contribution is 9.13. The van der Waals surface area contributed by atoms with Gasteiger partial charge in [0.1, 0.15) is 0 Å². The minimum Gasteiger partial charge on any atom is -0.379 e. The Morgan fingerprint density at radius 3 is 2.50 bits per heavy atom. The molecule has 0 saturated heterocycles. The van der Waals surface area contributed by atoms with E-state index >= 15 is 0 Å². The predicted molar refractivity (Wildman–Crippen MR) is 88.2 cm³/mol. The summed E-state index contributed by atoms with van der Waals surface area (Å²) in [5, 5.41) is 4.69. The van der Waals surface area contributed by atoms with Crippen LogP contribution in [0, 0.1) is 6.92 Å². The van der Waals surface area contributed by atoms with E-state index in [1.54, 1.807) is 11.3 Å². The van der Waals surface area contributed by atoms with Crippen molar-refractivity contribution >= 4 is 72.1 Å². The van der Waals surface area contributed by atoms with Gasteiger partial charge in [0.15, 0.2) is 0 Å². The van der Waals surface area contributed by atoms with E-state index < -0.39 is 0 Å². The number of hydrogen-bond acceptors (Lipinski definition) is 2. The van der Waals surface area contributed by atoms with Crippen LogP contribution in [0.3, 0.4) is 0 Å². The van der Waals surface area contributed by atoms with Gasteiger partial charge < -0.3 is 5.32 Å². The number of anilines is 1. The summed E-state index contributed by atoms with van der Waals surface area (Å²) in [6.07, 6.45) is 0. The maximum Gasteiger partial charge on any atom is 0.0843 e. The highest BCUT2D eigenvalue weighted by atomic mass is 79.9. The molecule has 0 aliphatic rings. The van der Waals surface area contributed by atoms with Gasteiger partial charge in [-0.1, -0.05) is 23.2 Å². The maximum atomic E-state index is 6.17. The zero-order chi connectivity index (χ0) is 13.3. The Bertz CT molecular complexity index is 564. The molecule has 1 aromatic carbocycles. The summed E-state index contributed by atoms with van der Waals surface area (Å²) >= 11 is 20.9. The molecule has 0 amide bonds. The van der Waals surface area contributed by atoms with Crippen molar-refractivity contribution in [1.82, 2.24) is 0 Å². The van der Waals surface area contributed by atoms with Crippen LogP contribution in [0.4, 0.5) is 5.69 Å². The van der Waals surface area contributed by atoms with Gasteiger partial charge in [-0.3, -0.25) is 0 Å². The van der Waals surface area contributed by atoms with Crippen LogP contribution in [0.1, 0.15) is 10.4 Å². The van der Waals surface area contributed by atoms with Crippen molar-refractivity contribution in [3.63, 3.8) is 0 Å². The second kappa shape index (κ2) is 6.14. The quantitative estimate of drug-likeness (QED) is 0.587. The van der Waals surface area contributed by atoms with Gasteiger partial charge in [-0.05, 0) is 62.5 Å². The number of halogens is 4. The summed E-state index contributed by atoms with van der Waals surface area (Å²) in [5.74, 6) is 0. The lowest BCUT2D eigenvalue weighted by Gasteiger charge is -2.09. The summed E-state index contributed by atoms with van der Waals surface area (Å²) in [7, 11) is 0. The maximum absolute atomic E-state index is 6.17. The van der Waals surface area contributed by atoms with Crippen molar-refractivity contribution in [3.8, 4) is 0 Å². The Balaban J connectivity index is 2.13. The fourth-order valence-electron chi connectivity index (χ4n) is 1.44. The van der Waals surface area contributed by atoms with Crippen molar-refractivity contribution in [1.29, 1.82) is 0 Å². The van der Waals surface area contributed by atoms with Crippen LogP contribution in [0.2, 0.25) is 10.0 Å². The van der Waals surface area contributed by atoms with E-state index in [1.165, 1.54) is 4.88 Å². The lowest BCUT2D eigenvalue weighted by atomic mass is 10.2. The lowest BCUT2D eigenvalue weighted by molar-refractivity contribution is 1.19. The van der Waals surface area contributed by atoms with E-state index in [9.17, 15) is 0 Å². The third kappa shape index (κ3) is 3.42. The lowest BCUT2D eigenvalue weighted by Crippen LogP contribution is -1.98. The van der Waals surface area contributed by atoms with Crippen LogP contribution in [-0.4, -0.2) is 0 Å². The van der Waals surface area contributed by atoms with Crippen LogP contribution in [0.25, 0.3) is 0 Å². The monoisotopic (exact) mass is 427 g/mol. The van der Waals surface area contributed by atoms with Gasteiger partial charge in [-0.2, -0.15) is 0 Å². The highest BCUT2D eigenvalue weighted by Gasteiger charge is 2.07. The molecule has 1 nitrogen and oxygen atoms in total. The molecule has 2 aromatic rings. The van der Waals surface area contributed by atoms with Crippen LogP contribution in [-0.2, 0) is 6.54 Å². The molecule has 96 valence electrons. The summed E-state index contributed by atoms with van der Waals surface area (Å²) in [5.41, 5.74) is 1.83. The fraction of sp³-hybridized carbons (Fsp3) is 0.167. The molecule has 0 saturated carbocycles. The Morgan fingerprint density at radius 1 is 1.17 bits per heavy atom. The van der Waals surface area contributed by atoms with Gasteiger partial charge in [-0.15, -0.1) is 11.3 Å². The van der Waals surface area contributed by atoms with E-state index in [0.717, 1.165) is 24.5 Å². The van der Waals surface area contributed by atoms with E-state index in [2.05, 4.69) is 43.2 Å². The average Bonchev–Trinajstić information content (AvgIpc) is 2.62. The normalized spacial score (nSPS) is 10.7. The summed E-state index contributed by atoms with van der Waals surface area (Å²) in [4.78, 5) is 1.21. The van der Waals surface area contributed by atoms with Crippen LogP contribution in [0.15, 0.2) is 26.5 Å². The molecular weight excluding hydrogens is 421 g/mol. The minimum atomic E-state index is 0.687. The van der Waals surface area contributed by atoms with E-state index in [-0.39, 0.29) is 0 Å². The Morgan fingerprint density at radius 2 is 1.89 bits per heavy atom. The molecule has 2 rings (SSSR count). The second-order valence-corrected chi connectivity index (χ2v) is 7.89. The van der Waals surface area contributed by atoms with Gasteiger partial charge in [0.2, 0.25) is 0 Å². The first-order chi connectivity index (χ1) is 8.47. The molecule has 0 spiro atoms. The predicted octanol–water partition coefficient (Wildman–Crippen LogP) is 6.50. The Kier molecular flexibility index (Phi) is 5.00. The van der Waals surface area contributed by atoms with Crippen molar-refractivity contribution < 1.29 is 0 Å². The highest BCUT2D eigenvalue weighted by Crippen LogP contribution is 2.34. The van der Waals surface area contributed by atoms with Gasteiger partial charge in [-0.25, -0.2) is 0 Å². The van der Waals surface area contributed by atoms with Gasteiger partial charge >= 0.3 is 0 Å². The molecule has 1 N–H and O–H groups in total. The molecule has 1 heterocycles. The van der Waals surface area contributed by atoms with E-state index in [0.29, 0.717) is 11.6 Å². The van der Waals surface area contributed by atoms with Gasteiger partial charge in [0.25, 0.3) is 0 Å². The van der Waals surface area contributed by atoms with Crippen LogP contribution < -0.4 is 5.32 Å². The molecule has 0 fully saturated rings.